The monoisotopic (exact) mass is 326 g/mol. The lowest BCUT2D eigenvalue weighted by Gasteiger charge is -2.33. The van der Waals surface area contributed by atoms with Crippen molar-refractivity contribution in [2.75, 3.05) is 6.54 Å². The SMILES string of the molecule is N#Cc1csc2c1CCN(C(=O)Cc1ccccn1)C2C(N)=O. The van der Waals surface area contributed by atoms with Gasteiger partial charge in [0.05, 0.1) is 12.0 Å². The molecule has 1 aliphatic heterocycles. The first-order valence-electron chi connectivity index (χ1n) is 7.11. The molecule has 2 N–H and O–H groups in total. The molecule has 2 amide bonds. The van der Waals surface area contributed by atoms with E-state index in [-0.39, 0.29) is 12.3 Å². The first-order valence-corrected chi connectivity index (χ1v) is 7.99. The fourth-order valence-electron chi connectivity index (χ4n) is 2.79. The maximum Gasteiger partial charge on any atom is 0.245 e. The lowest BCUT2D eigenvalue weighted by atomic mass is 9.97. The van der Waals surface area contributed by atoms with Gasteiger partial charge in [0.2, 0.25) is 11.8 Å². The minimum atomic E-state index is -0.804. The summed E-state index contributed by atoms with van der Waals surface area (Å²) >= 11 is 1.31. The van der Waals surface area contributed by atoms with Crippen molar-refractivity contribution in [2.45, 2.75) is 18.9 Å². The maximum atomic E-state index is 12.6. The number of amides is 2. The first-order chi connectivity index (χ1) is 11.1. The highest BCUT2D eigenvalue weighted by Crippen LogP contribution is 2.36. The minimum absolute atomic E-state index is 0.121. The first kappa shape index (κ1) is 15.2. The van der Waals surface area contributed by atoms with Gasteiger partial charge in [-0.3, -0.25) is 14.6 Å². The molecule has 0 saturated carbocycles. The van der Waals surface area contributed by atoms with Crippen LogP contribution in [0.4, 0.5) is 0 Å². The van der Waals surface area contributed by atoms with Gasteiger partial charge < -0.3 is 10.6 Å². The molecule has 6 nitrogen and oxygen atoms in total. The predicted octanol–water partition coefficient (Wildman–Crippen LogP) is 1.17. The number of nitrogens with zero attached hydrogens (tertiary/aromatic N) is 3. The number of fused-ring (bicyclic) bond motifs is 1. The molecule has 0 aliphatic carbocycles. The van der Waals surface area contributed by atoms with Crippen molar-refractivity contribution in [1.29, 1.82) is 5.26 Å². The topological polar surface area (TPSA) is 100 Å². The van der Waals surface area contributed by atoms with E-state index in [1.165, 1.54) is 16.2 Å². The zero-order chi connectivity index (χ0) is 16.4. The Balaban J connectivity index is 1.89. The molecule has 7 heteroatoms. The van der Waals surface area contributed by atoms with E-state index < -0.39 is 11.9 Å². The highest BCUT2D eigenvalue weighted by molar-refractivity contribution is 7.10. The molecule has 2 aromatic heterocycles. The van der Waals surface area contributed by atoms with E-state index in [9.17, 15) is 9.59 Å². The zero-order valence-corrected chi connectivity index (χ0v) is 13.0. The molecule has 0 saturated heterocycles. The summed E-state index contributed by atoms with van der Waals surface area (Å²) in [7, 11) is 0. The molecule has 3 rings (SSSR count). The Morgan fingerprint density at radius 1 is 1.48 bits per heavy atom. The number of aromatic nitrogens is 1. The molecule has 0 fully saturated rings. The molecule has 23 heavy (non-hydrogen) atoms. The number of thiophene rings is 1. The van der Waals surface area contributed by atoms with E-state index in [0.29, 0.717) is 29.1 Å². The molecule has 1 atom stereocenters. The quantitative estimate of drug-likeness (QED) is 0.915. The number of hydrogen-bond acceptors (Lipinski definition) is 5. The summed E-state index contributed by atoms with van der Waals surface area (Å²) in [5.41, 5.74) is 7.58. The van der Waals surface area contributed by atoms with Gasteiger partial charge in [0, 0.05) is 28.7 Å². The van der Waals surface area contributed by atoms with Crippen LogP contribution in [0.5, 0.6) is 0 Å². The molecular weight excluding hydrogens is 312 g/mol. The smallest absolute Gasteiger partial charge is 0.245 e. The maximum absolute atomic E-state index is 12.6. The summed E-state index contributed by atoms with van der Waals surface area (Å²) in [5.74, 6) is -0.767. The number of hydrogen-bond donors (Lipinski definition) is 1. The van der Waals surface area contributed by atoms with Crippen LogP contribution in [-0.4, -0.2) is 28.2 Å². The van der Waals surface area contributed by atoms with Gasteiger partial charge in [-0.1, -0.05) is 6.07 Å². The third-order valence-corrected chi connectivity index (χ3v) is 4.93. The van der Waals surface area contributed by atoms with Crippen molar-refractivity contribution in [3.63, 3.8) is 0 Å². The van der Waals surface area contributed by atoms with Crippen molar-refractivity contribution < 1.29 is 9.59 Å². The van der Waals surface area contributed by atoms with Crippen molar-refractivity contribution in [3.8, 4) is 6.07 Å². The highest BCUT2D eigenvalue weighted by Gasteiger charge is 2.37. The van der Waals surface area contributed by atoms with Crippen LogP contribution in [-0.2, 0) is 22.4 Å². The number of pyridine rings is 1. The van der Waals surface area contributed by atoms with Gasteiger partial charge >= 0.3 is 0 Å². The van der Waals surface area contributed by atoms with Gasteiger partial charge in [0.15, 0.2) is 0 Å². The molecule has 3 heterocycles. The van der Waals surface area contributed by atoms with Crippen LogP contribution < -0.4 is 5.73 Å². The van der Waals surface area contributed by atoms with Crippen LogP contribution in [0.25, 0.3) is 0 Å². The third-order valence-electron chi connectivity index (χ3n) is 3.86. The Labute approximate surface area is 137 Å². The lowest BCUT2D eigenvalue weighted by Crippen LogP contribution is -2.46. The minimum Gasteiger partial charge on any atom is -0.368 e. The summed E-state index contributed by atoms with van der Waals surface area (Å²) in [6.45, 7) is 0.373. The van der Waals surface area contributed by atoms with Crippen molar-refractivity contribution in [2.24, 2.45) is 5.73 Å². The molecule has 0 spiro atoms. The average Bonchev–Trinajstić information content (AvgIpc) is 2.97. The molecular formula is C16H14N4O2S. The molecule has 0 bridgehead atoms. The Bertz CT molecular complexity index is 794. The van der Waals surface area contributed by atoms with Gasteiger partial charge in [-0.25, -0.2) is 0 Å². The van der Waals surface area contributed by atoms with E-state index in [2.05, 4.69) is 11.1 Å². The summed E-state index contributed by atoms with van der Waals surface area (Å²) in [5, 5.41) is 10.8. The molecule has 2 aromatic rings. The van der Waals surface area contributed by atoms with Gasteiger partial charge in [-0.15, -0.1) is 11.3 Å². The van der Waals surface area contributed by atoms with E-state index in [1.54, 1.807) is 23.7 Å². The second kappa shape index (κ2) is 6.18. The number of rotatable bonds is 3. The Hall–Kier alpha value is -2.72. The Morgan fingerprint density at radius 3 is 2.96 bits per heavy atom. The van der Waals surface area contributed by atoms with Crippen LogP contribution in [0.3, 0.4) is 0 Å². The van der Waals surface area contributed by atoms with Gasteiger partial charge in [-0.2, -0.15) is 5.26 Å². The van der Waals surface area contributed by atoms with Crippen LogP contribution in [0, 0.1) is 11.3 Å². The predicted molar refractivity (Wildman–Crippen MR) is 84.3 cm³/mol. The van der Waals surface area contributed by atoms with Crippen LogP contribution in [0.15, 0.2) is 29.8 Å². The van der Waals surface area contributed by atoms with Gasteiger partial charge in [0.1, 0.15) is 12.1 Å². The van der Waals surface area contributed by atoms with E-state index in [0.717, 1.165) is 5.56 Å². The summed E-state index contributed by atoms with van der Waals surface area (Å²) in [6, 6.07) is 6.68. The van der Waals surface area contributed by atoms with E-state index in [1.807, 2.05) is 6.07 Å². The number of nitriles is 1. The Morgan fingerprint density at radius 2 is 2.30 bits per heavy atom. The molecule has 0 radical (unpaired) electrons. The summed E-state index contributed by atoms with van der Waals surface area (Å²) in [6.07, 6.45) is 2.30. The normalized spacial score (nSPS) is 16.5. The number of carbonyl (C=O) groups excluding carboxylic acids is 2. The van der Waals surface area contributed by atoms with E-state index >= 15 is 0 Å². The lowest BCUT2D eigenvalue weighted by molar-refractivity contribution is -0.139. The largest absolute Gasteiger partial charge is 0.368 e. The average molecular weight is 326 g/mol. The fraction of sp³-hybridized carbons (Fsp3) is 0.250. The van der Waals surface area contributed by atoms with Crippen molar-refractivity contribution >= 4 is 23.2 Å². The molecule has 1 unspecified atom stereocenters. The number of nitrogens with two attached hydrogens (primary N) is 1. The van der Waals surface area contributed by atoms with Crippen LogP contribution in [0.2, 0.25) is 0 Å². The fourth-order valence-corrected chi connectivity index (χ4v) is 3.96. The summed E-state index contributed by atoms with van der Waals surface area (Å²) < 4.78 is 0. The Kier molecular flexibility index (Phi) is 4.08. The van der Waals surface area contributed by atoms with Crippen molar-refractivity contribution in [1.82, 2.24) is 9.88 Å². The standard InChI is InChI=1S/C16H14N4O2S/c17-8-10-9-23-15-12(10)4-6-20(14(15)16(18)22)13(21)7-11-3-1-2-5-19-11/h1-3,5,9,14H,4,6-7H2,(H2,18,22). The second-order valence-electron chi connectivity index (χ2n) is 5.24. The third kappa shape index (κ3) is 2.81. The molecule has 1 aliphatic rings. The zero-order valence-electron chi connectivity index (χ0n) is 12.2. The van der Waals surface area contributed by atoms with Crippen LogP contribution >= 0.6 is 11.3 Å². The van der Waals surface area contributed by atoms with Gasteiger partial charge in [-0.05, 0) is 24.1 Å². The van der Waals surface area contributed by atoms with Crippen molar-refractivity contribution in [3.05, 3.63) is 51.5 Å². The highest BCUT2D eigenvalue weighted by atomic mass is 32.1. The number of carbonyl (C=O) groups is 2. The molecule has 116 valence electrons. The summed E-state index contributed by atoms with van der Waals surface area (Å²) in [4.78, 5) is 30.8. The van der Waals surface area contributed by atoms with Crippen LogP contribution in [0.1, 0.15) is 27.7 Å². The number of primary amides is 1. The van der Waals surface area contributed by atoms with Gasteiger partial charge in [0.25, 0.3) is 0 Å². The molecule has 0 aromatic carbocycles. The second-order valence-corrected chi connectivity index (χ2v) is 6.16. The van der Waals surface area contributed by atoms with E-state index in [4.69, 9.17) is 11.0 Å².